The molecule has 112 valence electrons. The summed E-state index contributed by atoms with van der Waals surface area (Å²) in [4.78, 5) is 0. The first kappa shape index (κ1) is 15.3. The van der Waals surface area contributed by atoms with E-state index in [9.17, 15) is 17.6 Å². The van der Waals surface area contributed by atoms with Crippen LogP contribution in [0.4, 0.5) is 17.6 Å². The lowest BCUT2D eigenvalue weighted by molar-refractivity contribution is -0.0499. The number of alkyl halides is 2. The first-order valence-corrected chi connectivity index (χ1v) is 6.64. The minimum atomic E-state index is -2.66. The summed E-state index contributed by atoms with van der Waals surface area (Å²) >= 11 is 0. The zero-order valence-corrected chi connectivity index (χ0v) is 11.2. The quantitative estimate of drug-likeness (QED) is 0.507. The summed E-state index contributed by atoms with van der Waals surface area (Å²) in [6, 6.07) is 2.28. The van der Waals surface area contributed by atoms with E-state index in [4.69, 9.17) is 5.84 Å². The molecule has 1 saturated carbocycles. The number of rotatable bonds is 3. The van der Waals surface area contributed by atoms with Gasteiger partial charge in [-0.2, -0.15) is 0 Å². The van der Waals surface area contributed by atoms with Crippen LogP contribution in [0.5, 0.6) is 0 Å². The maximum Gasteiger partial charge on any atom is 0.248 e. The lowest BCUT2D eigenvalue weighted by Crippen LogP contribution is -2.38. The molecule has 6 heteroatoms. The molecule has 1 aromatic rings. The van der Waals surface area contributed by atoms with Crippen molar-refractivity contribution in [1.29, 1.82) is 0 Å². The Kier molecular flexibility index (Phi) is 4.34. The van der Waals surface area contributed by atoms with Crippen molar-refractivity contribution in [2.45, 2.75) is 44.6 Å². The summed E-state index contributed by atoms with van der Waals surface area (Å²) in [6.07, 6.45) is -0.0226. The highest BCUT2D eigenvalue weighted by molar-refractivity contribution is 5.28. The minimum Gasteiger partial charge on any atom is -0.271 e. The van der Waals surface area contributed by atoms with E-state index in [-0.39, 0.29) is 42.7 Å². The third kappa shape index (κ3) is 2.96. The largest absolute Gasteiger partial charge is 0.271 e. The molecule has 1 aliphatic rings. The third-order valence-electron chi connectivity index (χ3n) is 4.05. The average molecular weight is 290 g/mol. The van der Waals surface area contributed by atoms with Gasteiger partial charge in [0.15, 0.2) is 11.6 Å². The van der Waals surface area contributed by atoms with Crippen LogP contribution in [0.1, 0.15) is 42.9 Å². The average Bonchev–Trinajstić information content (AvgIpc) is 2.41. The molecule has 0 aliphatic heterocycles. The Morgan fingerprint density at radius 1 is 1.20 bits per heavy atom. The SMILES string of the molecule is Cc1ccc(C(NN)C2CCC(F)(F)CC2)c(F)c1F. The van der Waals surface area contributed by atoms with Crippen LogP contribution in [0.15, 0.2) is 12.1 Å². The normalized spacial score (nSPS) is 20.9. The molecule has 0 aromatic heterocycles. The van der Waals surface area contributed by atoms with Gasteiger partial charge in [-0.3, -0.25) is 11.3 Å². The van der Waals surface area contributed by atoms with Crippen LogP contribution in [-0.2, 0) is 0 Å². The van der Waals surface area contributed by atoms with Gasteiger partial charge in [-0.25, -0.2) is 17.6 Å². The molecule has 3 N–H and O–H groups in total. The van der Waals surface area contributed by atoms with E-state index in [0.29, 0.717) is 0 Å². The molecule has 0 bridgehead atoms. The molecule has 20 heavy (non-hydrogen) atoms. The van der Waals surface area contributed by atoms with E-state index in [1.807, 2.05) is 0 Å². The van der Waals surface area contributed by atoms with E-state index in [0.717, 1.165) is 0 Å². The summed E-state index contributed by atoms with van der Waals surface area (Å²) in [5.41, 5.74) is 2.76. The number of hydrogen-bond acceptors (Lipinski definition) is 2. The minimum absolute atomic E-state index is 0.103. The summed E-state index contributed by atoms with van der Waals surface area (Å²) < 4.78 is 53.9. The highest BCUT2D eigenvalue weighted by Gasteiger charge is 2.38. The molecule has 1 fully saturated rings. The van der Waals surface area contributed by atoms with Crippen molar-refractivity contribution in [3.63, 3.8) is 0 Å². The van der Waals surface area contributed by atoms with Gasteiger partial charge in [0.25, 0.3) is 0 Å². The van der Waals surface area contributed by atoms with Crippen molar-refractivity contribution in [2.24, 2.45) is 11.8 Å². The Balaban J connectivity index is 2.23. The van der Waals surface area contributed by atoms with Crippen molar-refractivity contribution in [3.8, 4) is 0 Å². The molecule has 1 aromatic carbocycles. The van der Waals surface area contributed by atoms with Crippen LogP contribution in [0, 0.1) is 24.5 Å². The zero-order valence-electron chi connectivity index (χ0n) is 11.2. The molecular weight excluding hydrogens is 272 g/mol. The van der Waals surface area contributed by atoms with Gasteiger partial charge in [-0.1, -0.05) is 12.1 Å². The molecule has 1 aliphatic carbocycles. The summed E-state index contributed by atoms with van der Waals surface area (Å²) in [5, 5.41) is 0. The second-order valence-electron chi connectivity index (χ2n) is 5.44. The molecule has 2 nitrogen and oxygen atoms in total. The first-order valence-electron chi connectivity index (χ1n) is 6.64. The smallest absolute Gasteiger partial charge is 0.248 e. The molecular formula is C14H18F4N2. The number of halogens is 4. The molecule has 2 rings (SSSR count). The second kappa shape index (κ2) is 5.69. The topological polar surface area (TPSA) is 38.0 Å². The molecule has 1 unspecified atom stereocenters. The van der Waals surface area contributed by atoms with Crippen LogP contribution >= 0.6 is 0 Å². The van der Waals surface area contributed by atoms with Gasteiger partial charge in [0.2, 0.25) is 5.92 Å². The monoisotopic (exact) mass is 290 g/mol. The molecule has 1 atom stereocenters. The molecule has 0 heterocycles. The molecule has 0 amide bonds. The second-order valence-corrected chi connectivity index (χ2v) is 5.44. The summed E-state index contributed by atoms with van der Waals surface area (Å²) in [6.45, 7) is 1.47. The molecule has 0 saturated heterocycles. The van der Waals surface area contributed by atoms with E-state index in [2.05, 4.69) is 5.43 Å². The zero-order chi connectivity index (χ0) is 14.9. The fourth-order valence-electron chi connectivity index (χ4n) is 2.78. The first-order chi connectivity index (χ1) is 9.35. The number of nitrogens with one attached hydrogen (secondary N) is 1. The van der Waals surface area contributed by atoms with Crippen molar-refractivity contribution < 1.29 is 17.6 Å². The van der Waals surface area contributed by atoms with E-state index >= 15 is 0 Å². The van der Waals surface area contributed by atoms with Crippen LogP contribution in [0.25, 0.3) is 0 Å². The Labute approximate surface area is 115 Å². The maximum absolute atomic E-state index is 14.0. The number of benzene rings is 1. The third-order valence-corrected chi connectivity index (χ3v) is 4.05. The summed E-state index contributed by atoms with van der Waals surface area (Å²) in [5.74, 6) is 0.681. The van der Waals surface area contributed by atoms with E-state index in [1.54, 1.807) is 0 Å². The van der Waals surface area contributed by atoms with Crippen molar-refractivity contribution >= 4 is 0 Å². The van der Waals surface area contributed by atoms with Gasteiger partial charge >= 0.3 is 0 Å². The number of hydrazine groups is 1. The molecule has 0 radical (unpaired) electrons. The highest BCUT2D eigenvalue weighted by atomic mass is 19.3. The van der Waals surface area contributed by atoms with Crippen LogP contribution < -0.4 is 11.3 Å². The number of aryl methyl sites for hydroxylation is 1. The van der Waals surface area contributed by atoms with Gasteiger partial charge in [0, 0.05) is 18.4 Å². The standard InChI is InChI=1S/C14H18F4N2/c1-8-2-3-10(12(16)11(8)15)13(20-19)9-4-6-14(17,18)7-5-9/h2-3,9,13,20H,4-7,19H2,1H3. The van der Waals surface area contributed by atoms with Crippen molar-refractivity contribution in [2.75, 3.05) is 0 Å². The van der Waals surface area contributed by atoms with Crippen molar-refractivity contribution in [3.05, 3.63) is 34.9 Å². The van der Waals surface area contributed by atoms with Crippen LogP contribution in [-0.4, -0.2) is 5.92 Å². The summed E-state index contributed by atoms with van der Waals surface area (Å²) in [7, 11) is 0. The fourth-order valence-corrected chi connectivity index (χ4v) is 2.78. The lowest BCUT2D eigenvalue weighted by Gasteiger charge is -2.33. The molecule has 0 spiro atoms. The van der Waals surface area contributed by atoms with Gasteiger partial charge in [0.05, 0.1) is 6.04 Å². The van der Waals surface area contributed by atoms with E-state index < -0.39 is 23.6 Å². The Bertz CT molecular complexity index is 480. The van der Waals surface area contributed by atoms with Gasteiger partial charge < -0.3 is 0 Å². The van der Waals surface area contributed by atoms with Gasteiger partial charge in [-0.15, -0.1) is 0 Å². The lowest BCUT2D eigenvalue weighted by atomic mass is 9.79. The Hall–Kier alpha value is -1.14. The van der Waals surface area contributed by atoms with Gasteiger partial charge in [-0.05, 0) is 31.2 Å². The van der Waals surface area contributed by atoms with Crippen LogP contribution in [0.2, 0.25) is 0 Å². The van der Waals surface area contributed by atoms with Crippen LogP contribution in [0.3, 0.4) is 0 Å². The highest BCUT2D eigenvalue weighted by Crippen LogP contribution is 2.41. The fraction of sp³-hybridized carbons (Fsp3) is 0.571. The Morgan fingerprint density at radius 2 is 1.80 bits per heavy atom. The Morgan fingerprint density at radius 3 is 2.35 bits per heavy atom. The number of nitrogens with two attached hydrogens (primary N) is 1. The predicted octanol–water partition coefficient (Wildman–Crippen LogP) is 3.60. The number of hydrogen-bond donors (Lipinski definition) is 2. The van der Waals surface area contributed by atoms with Gasteiger partial charge in [0.1, 0.15) is 0 Å². The predicted molar refractivity (Wildman–Crippen MR) is 68.1 cm³/mol. The maximum atomic E-state index is 14.0. The van der Waals surface area contributed by atoms with Crippen molar-refractivity contribution in [1.82, 2.24) is 5.43 Å². The van der Waals surface area contributed by atoms with E-state index in [1.165, 1.54) is 19.1 Å².